The summed E-state index contributed by atoms with van der Waals surface area (Å²) < 4.78 is 2.83. The molecule has 7 heteroatoms. The lowest BCUT2D eigenvalue weighted by Crippen LogP contribution is -2.36. The first-order chi connectivity index (χ1) is 11.6. The molecule has 0 unspecified atom stereocenters. The molecule has 3 aromatic rings. The number of benzene rings is 1. The maximum absolute atomic E-state index is 11.9. The molecule has 2 aromatic heterocycles. The number of amides is 2. The number of rotatable bonds is 5. The fraction of sp³-hybridized carbons (Fsp3) is 0.118. The smallest absolute Gasteiger partial charge is 0.251 e. The molecule has 0 aliphatic rings. The molecule has 0 spiro atoms. The van der Waals surface area contributed by atoms with Crippen molar-refractivity contribution in [2.75, 3.05) is 6.54 Å². The molecule has 24 heavy (non-hydrogen) atoms. The summed E-state index contributed by atoms with van der Waals surface area (Å²) in [5.41, 5.74) is 2.08. The van der Waals surface area contributed by atoms with Gasteiger partial charge >= 0.3 is 0 Å². The molecule has 0 atom stereocenters. The molecule has 0 bridgehead atoms. The molecule has 2 heterocycles. The van der Waals surface area contributed by atoms with Crippen LogP contribution in [0.1, 0.15) is 16.1 Å². The van der Waals surface area contributed by atoms with Gasteiger partial charge in [-0.25, -0.2) is 4.98 Å². The van der Waals surface area contributed by atoms with Crippen LogP contribution in [0, 0.1) is 0 Å². The van der Waals surface area contributed by atoms with Crippen molar-refractivity contribution in [3.8, 4) is 0 Å². The summed E-state index contributed by atoms with van der Waals surface area (Å²) >= 11 is 3.40. The van der Waals surface area contributed by atoms with Crippen molar-refractivity contribution in [1.82, 2.24) is 20.0 Å². The van der Waals surface area contributed by atoms with E-state index >= 15 is 0 Å². The Hall–Kier alpha value is -2.67. The Morgan fingerprint density at radius 2 is 1.83 bits per heavy atom. The molecule has 2 amide bonds. The van der Waals surface area contributed by atoms with Gasteiger partial charge in [-0.15, -0.1) is 0 Å². The number of imidazole rings is 1. The fourth-order valence-electron chi connectivity index (χ4n) is 2.21. The topological polar surface area (TPSA) is 75.5 Å². The largest absolute Gasteiger partial charge is 0.349 e. The normalized spacial score (nSPS) is 10.5. The number of carbonyl (C=O) groups is 2. The summed E-state index contributed by atoms with van der Waals surface area (Å²) in [7, 11) is 0. The Morgan fingerprint density at radius 1 is 1.04 bits per heavy atom. The van der Waals surface area contributed by atoms with E-state index in [1.807, 2.05) is 35.0 Å². The van der Waals surface area contributed by atoms with Gasteiger partial charge in [-0.2, -0.15) is 0 Å². The molecular formula is C17H15BrN4O2. The van der Waals surface area contributed by atoms with E-state index in [0.29, 0.717) is 12.1 Å². The van der Waals surface area contributed by atoms with E-state index in [4.69, 9.17) is 0 Å². The Bertz CT molecular complexity index is 877. The van der Waals surface area contributed by atoms with Crippen LogP contribution in [0.3, 0.4) is 0 Å². The first kappa shape index (κ1) is 16.2. The standard InChI is InChI=1S/C17H15BrN4O2/c18-13-6-7-15-21-14(11-22(15)10-13)8-19-16(23)9-20-17(24)12-4-2-1-3-5-12/h1-7,10-11H,8-9H2,(H,19,23)(H,20,24). The summed E-state index contributed by atoms with van der Waals surface area (Å²) in [5.74, 6) is -0.541. The SMILES string of the molecule is O=C(CNC(=O)c1ccccc1)NCc1cn2cc(Br)ccc2n1. The third kappa shape index (κ3) is 3.99. The number of aromatic nitrogens is 2. The van der Waals surface area contributed by atoms with Crippen LogP contribution in [0.15, 0.2) is 59.3 Å². The van der Waals surface area contributed by atoms with Gasteiger partial charge < -0.3 is 15.0 Å². The average molecular weight is 387 g/mol. The minimum atomic E-state index is -0.275. The second-order valence-electron chi connectivity index (χ2n) is 5.17. The van der Waals surface area contributed by atoms with Crippen molar-refractivity contribution in [2.24, 2.45) is 0 Å². The van der Waals surface area contributed by atoms with Crippen LogP contribution in [0.5, 0.6) is 0 Å². The van der Waals surface area contributed by atoms with E-state index < -0.39 is 0 Å². The first-order valence-corrected chi connectivity index (χ1v) is 8.14. The van der Waals surface area contributed by atoms with E-state index in [-0.39, 0.29) is 18.4 Å². The molecule has 0 fully saturated rings. The lowest BCUT2D eigenvalue weighted by atomic mass is 10.2. The third-order valence-corrected chi connectivity index (χ3v) is 3.85. The van der Waals surface area contributed by atoms with Gasteiger partial charge in [0.25, 0.3) is 5.91 Å². The Kier molecular flexibility index (Phi) is 4.90. The maximum atomic E-state index is 11.9. The third-order valence-electron chi connectivity index (χ3n) is 3.38. The van der Waals surface area contributed by atoms with Crippen molar-refractivity contribution in [1.29, 1.82) is 0 Å². The van der Waals surface area contributed by atoms with Crippen LogP contribution in [0.4, 0.5) is 0 Å². The number of fused-ring (bicyclic) bond motifs is 1. The van der Waals surface area contributed by atoms with Crippen molar-refractivity contribution >= 4 is 33.4 Å². The predicted octanol–water partition coefficient (Wildman–Crippen LogP) is 2.14. The minimum absolute atomic E-state index is 0.0767. The molecule has 0 aliphatic carbocycles. The number of nitrogens with one attached hydrogen (secondary N) is 2. The number of nitrogens with zero attached hydrogens (tertiary/aromatic N) is 2. The highest BCUT2D eigenvalue weighted by Gasteiger charge is 2.08. The molecule has 6 nitrogen and oxygen atoms in total. The van der Waals surface area contributed by atoms with Gasteiger partial charge in [-0.1, -0.05) is 18.2 Å². The number of hydrogen-bond donors (Lipinski definition) is 2. The van der Waals surface area contributed by atoms with E-state index in [0.717, 1.165) is 15.8 Å². The van der Waals surface area contributed by atoms with Gasteiger partial charge in [0.05, 0.1) is 18.8 Å². The molecule has 0 aliphatic heterocycles. The highest BCUT2D eigenvalue weighted by molar-refractivity contribution is 9.10. The second-order valence-corrected chi connectivity index (χ2v) is 6.09. The number of pyridine rings is 1. The average Bonchev–Trinajstić information content (AvgIpc) is 3.00. The van der Waals surface area contributed by atoms with Gasteiger partial charge in [-0.05, 0) is 40.2 Å². The molecular weight excluding hydrogens is 372 g/mol. The zero-order valence-corrected chi connectivity index (χ0v) is 14.3. The summed E-state index contributed by atoms with van der Waals surface area (Å²) in [4.78, 5) is 28.1. The quantitative estimate of drug-likeness (QED) is 0.705. The number of carbonyl (C=O) groups excluding carboxylic acids is 2. The van der Waals surface area contributed by atoms with Gasteiger partial charge in [-0.3, -0.25) is 9.59 Å². The summed E-state index contributed by atoms with van der Waals surface area (Å²) in [6.45, 7) is 0.228. The van der Waals surface area contributed by atoms with Gasteiger partial charge in [0.15, 0.2) is 0 Å². The zero-order chi connectivity index (χ0) is 16.9. The van der Waals surface area contributed by atoms with E-state index in [1.54, 1.807) is 24.3 Å². The Balaban J connectivity index is 1.50. The van der Waals surface area contributed by atoms with Crippen LogP contribution in [0.2, 0.25) is 0 Å². The van der Waals surface area contributed by atoms with Crippen molar-refractivity contribution in [2.45, 2.75) is 6.54 Å². The molecule has 1 aromatic carbocycles. The van der Waals surface area contributed by atoms with Gasteiger partial charge in [0, 0.05) is 22.4 Å². The molecule has 122 valence electrons. The second kappa shape index (κ2) is 7.27. The van der Waals surface area contributed by atoms with E-state index in [1.165, 1.54) is 0 Å². The summed E-state index contributed by atoms with van der Waals surface area (Å²) in [6.07, 6.45) is 3.75. The first-order valence-electron chi connectivity index (χ1n) is 7.35. The van der Waals surface area contributed by atoms with Crippen molar-refractivity contribution in [3.63, 3.8) is 0 Å². The van der Waals surface area contributed by atoms with Crippen LogP contribution in [0.25, 0.3) is 5.65 Å². The Morgan fingerprint density at radius 3 is 2.62 bits per heavy atom. The van der Waals surface area contributed by atoms with Crippen molar-refractivity contribution < 1.29 is 9.59 Å². The van der Waals surface area contributed by atoms with Crippen LogP contribution >= 0.6 is 15.9 Å². The highest BCUT2D eigenvalue weighted by Crippen LogP contribution is 2.12. The molecule has 2 N–H and O–H groups in total. The van der Waals surface area contributed by atoms with Gasteiger partial charge in [0.1, 0.15) is 5.65 Å². The van der Waals surface area contributed by atoms with Crippen LogP contribution < -0.4 is 10.6 Å². The molecule has 0 saturated heterocycles. The zero-order valence-electron chi connectivity index (χ0n) is 12.7. The monoisotopic (exact) mass is 386 g/mol. The van der Waals surface area contributed by atoms with Crippen LogP contribution in [-0.2, 0) is 11.3 Å². The predicted molar refractivity (Wildman–Crippen MR) is 93.5 cm³/mol. The minimum Gasteiger partial charge on any atom is -0.349 e. The highest BCUT2D eigenvalue weighted by atomic mass is 79.9. The molecule has 3 rings (SSSR count). The maximum Gasteiger partial charge on any atom is 0.251 e. The number of halogens is 1. The number of hydrogen-bond acceptors (Lipinski definition) is 3. The lowest BCUT2D eigenvalue weighted by Gasteiger charge is -2.05. The lowest BCUT2D eigenvalue weighted by molar-refractivity contribution is -0.120. The molecule has 0 radical (unpaired) electrons. The fourth-order valence-corrected chi connectivity index (χ4v) is 2.56. The van der Waals surface area contributed by atoms with E-state index in [2.05, 4.69) is 31.5 Å². The Labute approximate surface area is 147 Å². The van der Waals surface area contributed by atoms with Crippen molar-refractivity contribution in [3.05, 3.63) is 70.6 Å². The summed E-state index contributed by atoms with van der Waals surface area (Å²) in [6, 6.07) is 12.6. The van der Waals surface area contributed by atoms with E-state index in [9.17, 15) is 9.59 Å². The molecule has 0 saturated carbocycles. The summed E-state index contributed by atoms with van der Waals surface area (Å²) in [5, 5.41) is 5.33. The van der Waals surface area contributed by atoms with Crippen LogP contribution in [-0.4, -0.2) is 27.7 Å². The van der Waals surface area contributed by atoms with Gasteiger partial charge in [0.2, 0.25) is 5.91 Å².